The minimum atomic E-state index is -1.05. The Morgan fingerprint density at radius 2 is 1.90 bits per heavy atom. The number of halogens is 2. The molecule has 0 radical (unpaired) electrons. The molecule has 1 aliphatic rings. The fourth-order valence-electron chi connectivity index (χ4n) is 2.71. The van der Waals surface area contributed by atoms with E-state index in [4.69, 9.17) is 0 Å². The van der Waals surface area contributed by atoms with Crippen LogP contribution >= 0.6 is 0 Å². The second-order valence-corrected chi connectivity index (χ2v) is 5.60. The zero-order valence-corrected chi connectivity index (χ0v) is 11.4. The van der Waals surface area contributed by atoms with Gasteiger partial charge in [0.05, 0.1) is 11.7 Å². The molecule has 1 aromatic rings. The van der Waals surface area contributed by atoms with Gasteiger partial charge in [-0.2, -0.15) is 0 Å². The molecule has 1 fully saturated rings. The number of nitrogens with one attached hydrogen (secondary N) is 1. The summed E-state index contributed by atoms with van der Waals surface area (Å²) in [4.78, 5) is 0. The van der Waals surface area contributed by atoms with Crippen LogP contribution in [0.2, 0.25) is 0 Å². The van der Waals surface area contributed by atoms with Crippen molar-refractivity contribution in [3.63, 3.8) is 0 Å². The molecule has 2 rings (SSSR count). The topological polar surface area (TPSA) is 52.5 Å². The molecular weight excluding hydrogens is 264 g/mol. The molecule has 0 saturated heterocycles. The van der Waals surface area contributed by atoms with Gasteiger partial charge in [0, 0.05) is 24.7 Å². The molecule has 1 saturated carbocycles. The van der Waals surface area contributed by atoms with Crippen LogP contribution in [0.25, 0.3) is 0 Å². The van der Waals surface area contributed by atoms with E-state index < -0.39 is 23.3 Å². The van der Waals surface area contributed by atoms with Crippen LogP contribution in [0.4, 0.5) is 8.78 Å². The Morgan fingerprint density at radius 3 is 2.55 bits per heavy atom. The summed E-state index contributed by atoms with van der Waals surface area (Å²) >= 11 is 0. The van der Waals surface area contributed by atoms with Gasteiger partial charge in [0.25, 0.3) is 0 Å². The number of hydrogen-bond donors (Lipinski definition) is 3. The number of rotatable bonds is 5. The van der Waals surface area contributed by atoms with Gasteiger partial charge in [0.2, 0.25) is 0 Å². The average molecular weight is 285 g/mol. The van der Waals surface area contributed by atoms with Crippen LogP contribution in [-0.4, -0.2) is 28.9 Å². The van der Waals surface area contributed by atoms with E-state index >= 15 is 0 Å². The van der Waals surface area contributed by atoms with Crippen molar-refractivity contribution in [1.29, 1.82) is 0 Å². The molecule has 1 unspecified atom stereocenters. The maximum atomic E-state index is 13.5. The molecule has 0 aliphatic heterocycles. The predicted octanol–water partition coefficient (Wildman–Crippen LogP) is 2.28. The van der Waals surface area contributed by atoms with Crippen LogP contribution in [0.1, 0.15) is 43.8 Å². The molecule has 0 amide bonds. The summed E-state index contributed by atoms with van der Waals surface area (Å²) in [5.41, 5.74) is -0.659. The molecule has 0 heterocycles. The maximum Gasteiger partial charge on any atom is 0.131 e. The summed E-state index contributed by atoms with van der Waals surface area (Å²) in [6.07, 6.45) is 3.61. The van der Waals surface area contributed by atoms with E-state index in [9.17, 15) is 19.0 Å². The maximum absolute atomic E-state index is 13.5. The summed E-state index contributed by atoms with van der Waals surface area (Å²) in [5.74, 6) is -1.42. The summed E-state index contributed by atoms with van der Waals surface area (Å²) in [7, 11) is 0. The first-order chi connectivity index (χ1) is 9.50. The van der Waals surface area contributed by atoms with Gasteiger partial charge in [-0.05, 0) is 18.9 Å². The third-order valence-corrected chi connectivity index (χ3v) is 3.90. The van der Waals surface area contributed by atoms with E-state index in [1.165, 1.54) is 6.07 Å². The molecule has 0 aromatic heterocycles. The summed E-state index contributed by atoms with van der Waals surface area (Å²) in [6, 6.07) is 3.12. The van der Waals surface area contributed by atoms with Crippen molar-refractivity contribution >= 4 is 0 Å². The van der Waals surface area contributed by atoms with E-state index in [0.717, 1.165) is 44.2 Å². The SMILES string of the molecule is OC(CNCC1(O)CCCCC1)c1ccc(F)cc1F. The molecule has 112 valence electrons. The molecule has 1 aromatic carbocycles. The van der Waals surface area contributed by atoms with Crippen molar-refractivity contribution in [2.45, 2.75) is 43.8 Å². The highest BCUT2D eigenvalue weighted by Crippen LogP contribution is 2.27. The van der Waals surface area contributed by atoms with Gasteiger partial charge in [0.15, 0.2) is 0 Å². The quantitative estimate of drug-likeness (QED) is 0.778. The molecule has 5 heteroatoms. The van der Waals surface area contributed by atoms with Gasteiger partial charge in [-0.3, -0.25) is 0 Å². The number of aliphatic hydroxyl groups excluding tert-OH is 1. The monoisotopic (exact) mass is 285 g/mol. The predicted molar refractivity (Wildman–Crippen MR) is 72.2 cm³/mol. The average Bonchev–Trinajstić information content (AvgIpc) is 2.39. The van der Waals surface area contributed by atoms with Crippen molar-refractivity contribution in [3.05, 3.63) is 35.4 Å². The van der Waals surface area contributed by atoms with E-state index in [1.54, 1.807) is 0 Å². The lowest BCUT2D eigenvalue weighted by molar-refractivity contribution is 0.00258. The molecule has 1 aliphatic carbocycles. The van der Waals surface area contributed by atoms with Crippen molar-refractivity contribution in [2.24, 2.45) is 0 Å². The lowest BCUT2D eigenvalue weighted by Gasteiger charge is -2.32. The lowest BCUT2D eigenvalue weighted by Crippen LogP contribution is -2.43. The van der Waals surface area contributed by atoms with Crippen LogP contribution < -0.4 is 5.32 Å². The fraction of sp³-hybridized carbons (Fsp3) is 0.600. The van der Waals surface area contributed by atoms with Crippen molar-refractivity contribution in [1.82, 2.24) is 5.32 Å². The van der Waals surface area contributed by atoms with Gasteiger partial charge in [-0.15, -0.1) is 0 Å². The Hall–Kier alpha value is -1.04. The Balaban J connectivity index is 1.84. The Bertz CT molecular complexity index is 447. The first-order valence-electron chi connectivity index (χ1n) is 7.06. The van der Waals surface area contributed by atoms with Crippen LogP contribution in [0.15, 0.2) is 18.2 Å². The highest BCUT2D eigenvalue weighted by Gasteiger charge is 2.28. The minimum Gasteiger partial charge on any atom is -0.389 e. The second kappa shape index (κ2) is 6.61. The van der Waals surface area contributed by atoms with Gasteiger partial charge < -0.3 is 15.5 Å². The number of aliphatic hydroxyl groups is 2. The van der Waals surface area contributed by atoms with Gasteiger partial charge in [0.1, 0.15) is 11.6 Å². The van der Waals surface area contributed by atoms with Crippen LogP contribution in [-0.2, 0) is 0 Å². The van der Waals surface area contributed by atoms with Gasteiger partial charge in [-0.25, -0.2) is 8.78 Å². The largest absolute Gasteiger partial charge is 0.389 e. The zero-order valence-electron chi connectivity index (χ0n) is 11.4. The molecular formula is C15H21F2NO2. The van der Waals surface area contributed by atoms with Crippen LogP contribution in [0.5, 0.6) is 0 Å². The Kier molecular flexibility index (Phi) is 5.07. The lowest BCUT2D eigenvalue weighted by atomic mass is 9.85. The minimum absolute atomic E-state index is 0.0644. The van der Waals surface area contributed by atoms with E-state index in [0.29, 0.717) is 6.54 Å². The van der Waals surface area contributed by atoms with E-state index in [2.05, 4.69) is 5.32 Å². The van der Waals surface area contributed by atoms with Crippen LogP contribution in [0.3, 0.4) is 0 Å². The third-order valence-electron chi connectivity index (χ3n) is 3.90. The summed E-state index contributed by atoms with van der Waals surface area (Å²) < 4.78 is 26.3. The van der Waals surface area contributed by atoms with Crippen molar-refractivity contribution in [3.8, 4) is 0 Å². The molecule has 3 N–H and O–H groups in total. The highest BCUT2D eigenvalue weighted by atomic mass is 19.1. The standard InChI is InChI=1S/C15H21F2NO2/c16-11-4-5-12(13(17)8-11)14(19)9-18-10-15(20)6-2-1-3-7-15/h4-5,8,14,18-20H,1-3,6-7,9-10H2. The Morgan fingerprint density at radius 1 is 1.20 bits per heavy atom. The van der Waals surface area contributed by atoms with Crippen molar-refractivity contribution < 1.29 is 19.0 Å². The summed E-state index contributed by atoms with van der Waals surface area (Å²) in [5, 5.41) is 23.2. The molecule has 0 spiro atoms. The van der Waals surface area contributed by atoms with E-state index in [1.807, 2.05) is 0 Å². The summed E-state index contributed by atoms with van der Waals surface area (Å²) in [6.45, 7) is 0.512. The first-order valence-corrected chi connectivity index (χ1v) is 7.06. The fourth-order valence-corrected chi connectivity index (χ4v) is 2.71. The smallest absolute Gasteiger partial charge is 0.131 e. The van der Waals surface area contributed by atoms with Gasteiger partial charge in [-0.1, -0.05) is 25.3 Å². The van der Waals surface area contributed by atoms with E-state index in [-0.39, 0.29) is 12.1 Å². The highest BCUT2D eigenvalue weighted by molar-refractivity contribution is 5.21. The zero-order chi connectivity index (χ0) is 14.6. The first kappa shape index (κ1) is 15.4. The van der Waals surface area contributed by atoms with Crippen LogP contribution in [0, 0.1) is 11.6 Å². The molecule has 20 heavy (non-hydrogen) atoms. The Labute approximate surface area is 117 Å². The van der Waals surface area contributed by atoms with Gasteiger partial charge >= 0.3 is 0 Å². The number of hydrogen-bond acceptors (Lipinski definition) is 3. The third kappa shape index (κ3) is 3.98. The number of benzene rings is 1. The van der Waals surface area contributed by atoms with Crippen molar-refractivity contribution in [2.75, 3.05) is 13.1 Å². The normalized spacial score (nSPS) is 19.8. The second-order valence-electron chi connectivity index (χ2n) is 5.60. The molecule has 3 nitrogen and oxygen atoms in total. The molecule has 1 atom stereocenters. The molecule has 0 bridgehead atoms.